The van der Waals surface area contributed by atoms with Gasteiger partial charge in [-0.05, 0) is 27.7 Å². The van der Waals surface area contributed by atoms with Crippen molar-refractivity contribution in [2.24, 2.45) is 11.1 Å². The van der Waals surface area contributed by atoms with E-state index in [1.165, 1.54) is 0 Å². The van der Waals surface area contributed by atoms with Gasteiger partial charge in [0.25, 0.3) is 0 Å². The Labute approximate surface area is 115 Å². The lowest BCUT2D eigenvalue weighted by Crippen LogP contribution is -2.55. The average molecular weight is 273 g/mol. The van der Waals surface area contributed by atoms with E-state index in [-0.39, 0.29) is 18.2 Å². The molecule has 0 atom stereocenters. The molecule has 112 valence electrons. The molecular weight excluding hydrogens is 246 g/mol. The summed E-state index contributed by atoms with van der Waals surface area (Å²) in [5, 5.41) is 5.43. The Morgan fingerprint density at radius 2 is 1.68 bits per heavy atom. The van der Waals surface area contributed by atoms with E-state index >= 15 is 0 Å². The van der Waals surface area contributed by atoms with E-state index in [1.807, 2.05) is 13.8 Å². The van der Waals surface area contributed by atoms with Crippen LogP contribution in [0.1, 0.15) is 34.1 Å². The molecule has 0 aliphatic heterocycles. The maximum atomic E-state index is 12.0. The maximum Gasteiger partial charge on any atom is 0.227 e. The minimum Gasteiger partial charge on any atom is -0.383 e. The van der Waals surface area contributed by atoms with Crippen LogP contribution in [0.2, 0.25) is 0 Å². The Bertz CT molecular complexity index is 309. The first-order chi connectivity index (χ1) is 8.63. The lowest BCUT2D eigenvalue weighted by atomic mass is 9.74. The molecule has 0 rings (SSSR count). The van der Waals surface area contributed by atoms with Gasteiger partial charge in [0.05, 0.1) is 12.0 Å². The van der Waals surface area contributed by atoms with Crippen LogP contribution in [0, 0.1) is 5.41 Å². The first-order valence-electron chi connectivity index (χ1n) is 6.45. The van der Waals surface area contributed by atoms with Crippen molar-refractivity contribution in [1.82, 2.24) is 10.6 Å². The predicted molar refractivity (Wildman–Crippen MR) is 74.6 cm³/mol. The molecule has 0 radical (unpaired) electrons. The number of methoxy groups -OCH3 is 1. The third kappa shape index (κ3) is 6.02. The molecule has 2 amide bonds. The minimum atomic E-state index is -0.695. The quantitative estimate of drug-likeness (QED) is 0.543. The van der Waals surface area contributed by atoms with Crippen LogP contribution in [0.5, 0.6) is 0 Å². The molecule has 19 heavy (non-hydrogen) atoms. The molecule has 0 fully saturated rings. The molecule has 6 nitrogen and oxygen atoms in total. The van der Waals surface area contributed by atoms with E-state index in [1.54, 1.807) is 21.0 Å². The maximum absolute atomic E-state index is 12.0. The third-order valence-electron chi connectivity index (χ3n) is 3.44. The van der Waals surface area contributed by atoms with Gasteiger partial charge in [-0.2, -0.15) is 0 Å². The lowest BCUT2D eigenvalue weighted by molar-refractivity contribution is -0.132. The standard InChI is InChI=1S/C13H27N3O3/c1-12(2,13(3,4)14)11(18)16-7-6-10(17)15-8-9-19-5/h6-9,14H2,1-5H3,(H,15,17)(H,16,18). The Hall–Kier alpha value is -1.14. The van der Waals surface area contributed by atoms with Crippen molar-refractivity contribution in [2.45, 2.75) is 39.7 Å². The van der Waals surface area contributed by atoms with Crippen LogP contribution in [0.4, 0.5) is 0 Å². The van der Waals surface area contributed by atoms with Crippen molar-refractivity contribution in [3.63, 3.8) is 0 Å². The fourth-order valence-corrected chi connectivity index (χ4v) is 1.18. The van der Waals surface area contributed by atoms with Gasteiger partial charge in [-0.15, -0.1) is 0 Å². The predicted octanol–water partition coefficient (Wildman–Crippen LogP) is 0.0188. The van der Waals surface area contributed by atoms with Gasteiger partial charge in [0.15, 0.2) is 0 Å². The van der Waals surface area contributed by atoms with Crippen LogP contribution in [0.15, 0.2) is 0 Å². The summed E-state index contributed by atoms with van der Waals surface area (Å²) in [7, 11) is 1.57. The highest BCUT2D eigenvalue weighted by Crippen LogP contribution is 2.28. The molecule has 0 aromatic rings. The zero-order chi connectivity index (χ0) is 15.1. The van der Waals surface area contributed by atoms with Crippen molar-refractivity contribution in [1.29, 1.82) is 0 Å². The molecule has 0 spiro atoms. The number of carbonyl (C=O) groups is 2. The highest BCUT2D eigenvalue weighted by atomic mass is 16.5. The number of rotatable bonds is 8. The Morgan fingerprint density at radius 1 is 1.11 bits per heavy atom. The normalized spacial score (nSPS) is 12.1. The van der Waals surface area contributed by atoms with Gasteiger partial charge in [-0.1, -0.05) is 0 Å². The molecule has 6 heteroatoms. The summed E-state index contributed by atoms with van der Waals surface area (Å²) >= 11 is 0. The van der Waals surface area contributed by atoms with E-state index in [4.69, 9.17) is 10.5 Å². The molecular formula is C13H27N3O3. The third-order valence-corrected chi connectivity index (χ3v) is 3.44. The minimum absolute atomic E-state index is 0.109. The van der Waals surface area contributed by atoms with Crippen LogP contribution in [-0.2, 0) is 14.3 Å². The molecule has 0 saturated carbocycles. The molecule has 0 heterocycles. The second-order valence-corrected chi connectivity index (χ2v) is 5.70. The van der Waals surface area contributed by atoms with Gasteiger partial charge in [0, 0.05) is 32.2 Å². The fourth-order valence-electron chi connectivity index (χ4n) is 1.18. The van der Waals surface area contributed by atoms with Crippen LogP contribution in [0.3, 0.4) is 0 Å². The SMILES string of the molecule is COCCNC(=O)CCNC(=O)C(C)(C)C(C)(C)N. The first kappa shape index (κ1) is 17.9. The summed E-state index contributed by atoms with van der Waals surface area (Å²) in [4.78, 5) is 23.4. The number of amides is 2. The monoisotopic (exact) mass is 273 g/mol. The zero-order valence-electron chi connectivity index (χ0n) is 12.6. The van der Waals surface area contributed by atoms with Gasteiger partial charge in [0.2, 0.25) is 11.8 Å². The van der Waals surface area contributed by atoms with Gasteiger partial charge in [-0.25, -0.2) is 0 Å². The molecule has 0 aromatic carbocycles. The highest BCUT2D eigenvalue weighted by molar-refractivity contribution is 5.84. The van der Waals surface area contributed by atoms with Crippen LogP contribution in [-0.4, -0.2) is 44.2 Å². The Balaban J connectivity index is 4.02. The zero-order valence-corrected chi connectivity index (χ0v) is 12.6. The smallest absolute Gasteiger partial charge is 0.227 e. The molecule has 0 unspecified atom stereocenters. The van der Waals surface area contributed by atoms with Gasteiger partial charge >= 0.3 is 0 Å². The number of nitrogens with two attached hydrogens (primary N) is 1. The number of hydrogen-bond donors (Lipinski definition) is 3. The average Bonchev–Trinajstić information content (AvgIpc) is 2.27. The second-order valence-electron chi connectivity index (χ2n) is 5.70. The van der Waals surface area contributed by atoms with Gasteiger partial charge < -0.3 is 21.1 Å². The molecule has 0 saturated heterocycles. The highest BCUT2D eigenvalue weighted by Gasteiger charge is 2.40. The van der Waals surface area contributed by atoms with Gasteiger partial charge in [-0.3, -0.25) is 9.59 Å². The molecule has 0 aliphatic rings. The Kier molecular flexibility index (Phi) is 7.00. The van der Waals surface area contributed by atoms with Crippen molar-refractivity contribution in [2.75, 3.05) is 26.8 Å². The molecule has 0 aliphatic carbocycles. The summed E-state index contributed by atoms with van der Waals surface area (Å²) in [6.45, 7) is 8.46. The summed E-state index contributed by atoms with van der Waals surface area (Å²) in [6.07, 6.45) is 0.247. The molecule has 0 aromatic heterocycles. The fraction of sp³-hybridized carbons (Fsp3) is 0.846. The van der Waals surface area contributed by atoms with E-state index in [9.17, 15) is 9.59 Å². The first-order valence-corrected chi connectivity index (χ1v) is 6.45. The van der Waals surface area contributed by atoms with Crippen molar-refractivity contribution < 1.29 is 14.3 Å². The van der Waals surface area contributed by atoms with Gasteiger partial charge in [0.1, 0.15) is 0 Å². The summed E-state index contributed by atoms with van der Waals surface area (Å²) < 4.78 is 4.82. The van der Waals surface area contributed by atoms with E-state index < -0.39 is 11.0 Å². The lowest BCUT2D eigenvalue weighted by Gasteiger charge is -2.36. The summed E-state index contributed by atoms with van der Waals surface area (Å²) in [5.74, 6) is -0.258. The second kappa shape index (κ2) is 7.45. The Morgan fingerprint density at radius 3 is 2.16 bits per heavy atom. The van der Waals surface area contributed by atoms with Crippen molar-refractivity contribution in [3.05, 3.63) is 0 Å². The van der Waals surface area contributed by atoms with E-state index in [0.29, 0.717) is 19.7 Å². The van der Waals surface area contributed by atoms with Crippen LogP contribution < -0.4 is 16.4 Å². The number of hydrogen-bond acceptors (Lipinski definition) is 4. The number of carbonyl (C=O) groups excluding carboxylic acids is 2. The number of ether oxygens (including phenoxy) is 1. The van der Waals surface area contributed by atoms with Crippen molar-refractivity contribution >= 4 is 11.8 Å². The topological polar surface area (TPSA) is 93.5 Å². The van der Waals surface area contributed by atoms with Crippen LogP contribution >= 0.6 is 0 Å². The van der Waals surface area contributed by atoms with E-state index in [0.717, 1.165) is 0 Å². The van der Waals surface area contributed by atoms with Crippen LogP contribution in [0.25, 0.3) is 0 Å². The summed E-state index contributed by atoms with van der Waals surface area (Å²) in [5.41, 5.74) is 4.65. The molecule has 0 bridgehead atoms. The number of nitrogens with one attached hydrogen (secondary N) is 2. The largest absolute Gasteiger partial charge is 0.383 e. The van der Waals surface area contributed by atoms with E-state index in [2.05, 4.69) is 10.6 Å². The van der Waals surface area contributed by atoms with Crippen molar-refractivity contribution in [3.8, 4) is 0 Å². The summed E-state index contributed by atoms with van der Waals surface area (Å²) in [6, 6.07) is 0. The molecule has 4 N–H and O–H groups in total.